The number of amides is 1. The summed E-state index contributed by atoms with van der Waals surface area (Å²) in [5.41, 5.74) is 2.04. The summed E-state index contributed by atoms with van der Waals surface area (Å²) in [7, 11) is 0. The molecular formula is C21H29N5O2. The molecule has 0 spiro atoms. The van der Waals surface area contributed by atoms with E-state index in [9.17, 15) is 4.79 Å². The minimum atomic E-state index is 0.0163. The molecule has 150 valence electrons. The van der Waals surface area contributed by atoms with E-state index in [2.05, 4.69) is 37.4 Å². The van der Waals surface area contributed by atoms with Gasteiger partial charge in [0, 0.05) is 56.9 Å². The van der Waals surface area contributed by atoms with Crippen molar-refractivity contribution in [1.82, 2.24) is 15.0 Å². The van der Waals surface area contributed by atoms with Crippen molar-refractivity contribution in [3.05, 3.63) is 36.0 Å². The van der Waals surface area contributed by atoms with Crippen LogP contribution in [0, 0.1) is 12.8 Å². The van der Waals surface area contributed by atoms with Crippen molar-refractivity contribution in [2.75, 3.05) is 42.9 Å². The number of hydrogen-bond donors (Lipinski definition) is 1. The van der Waals surface area contributed by atoms with Crippen molar-refractivity contribution in [1.29, 1.82) is 0 Å². The van der Waals surface area contributed by atoms with E-state index in [1.807, 2.05) is 12.1 Å². The second-order valence-electron chi connectivity index (χ2n) is 7.92. The van der Waals surface area contributed by atoms with Crippen LogP contribution in [0.2, 0.25) is 0 Å². The molecule has 1 aromatic heterocycles. The highest BCUT2D eigenvalue weighted by molar-refractivity contribution is 5.91. The monoisotopic (exact) mass is 383 g/mol. The molecule has 7 heteroatoms. The van der Waals surface area contributed by atoms with Crippen LogP contribution in [0.3, 0.4) is 0 Å². The van der Waals surface area contributed by atoms with Gasteiger partial charge >= 0.3 is 0 Å². The van der Waals surface area contributed by atoms with Crippen LogP contribution in [0.1, 0.15) is 37.4 Å². The average molecular weight is 383 g/mol. The van der Waals surface area contributed by atoms with E-state index < -0.39 is 0 Å². The van der Waals surface area contributed by atoms with Gasteiger partial charge in [0.25, 0.3) is 0 Å². The lowest BCUT2D eigenvalue weighted by Gasteiger charge is -2.36. The largest absolute Gasteiger partial charge is 0.369 e. The Morgan fingerprint density at radius 2 is 2.07 bits per heavy atom. The van der Waals surface area contributed by atoms with Gasteiger partial charge in [-0.25, -0.2) is 0 Å². The summed E-state index contributed by atoms with van der Waals surface area (Å²) < 4.78 is 5.08. The number of aryl methyl sites for hydroxylation is 2. The molecule has 1 aliphatic heterocycles. The van der Waals surface area contributed by atoms with Crippen molar-refractivity contribution in [2.24, 2.45) is 5.92 Å². The number of piperazine rings is 1. The highest BCUT2D eigenvalue weighted by atomic mass is 16.5. The van der Waals surface area contributed by atoms with Crippen molar-refractivity contribution in [3.63, 3.8) is 0 Å². The third-order valence-electron chi connectivity index (χ3n) is 5.44. The number of nitrogens with zero attached hydrogens (tertiary/aromatic N) is 4. The first-order chi connectivity index (χ1) is 13.7. The Kier molecular flexibility index (Phi) is 5.90. The number of hydrogen-bond acceptors (Lipinski definition) is 6. The summed E-state index contributed by atoms with van der Waals surface area (Å²) in [5, 5.41) is 6.78. The summed E-state index contributed by atoms with van der Waals surface area (Å²) in [4.78, 5) is 21.4. The maximum absolute atomic E-state index is 12.2. The number of carbonyl (C=O) groups is 1. The quantitative estimate of drug-likeness (QED) is 0.756. The van der Waals surface area contributed by atoms with E-state index in [4.69, 9.17) is 4.52 Å². The molecule has 2 aromatic rings. The lowest BCUT2D eigenvalue weighted by molar-refractivity contribution is -0.116. The zero-order valence-corrected chi connectivity index (χ0v) is 16.6. The minimum Gasteiger partial charge on any atom is -0.369 e. The summed E-state index contributed by atoms with van der Waals surface area (Å²) in [6, 6.07) is 8.18. The minimum absolute atomic E-state index is 0.0163. The van der Waals surface area contributed by atoms with Gasteiger partial charge in [-0.05, 0) is 50.3 Å². The van der Waals surface area contributed by atoms with Gasteiger partial charge in [0.05, 0.1) is 0 Å². The third-order valence-corrected chi connectivity index (χ3v) is 5.44. The molecule has 0 bridgehead atoms. The van der Waals surface area contributed by atoms with Gasteiger partial charge in [-0.3, -0.25) is 9.69 Å². The zero-order chi connectivity index (χ0) is 19.3. The SMILES string of the molecule is Cc1noc(CCCC(=O)Nc2cccc(N3CCN(CC4CC4)CC3)c2)n1. The first-order valence-electron chi connectivity index (χ1n) is 10.3. The van der Waals surface area contributed by atoms with Crippen LogP contribution >= 0.6 is 0 Å². The second kappa shape index (κ2) is 8.73. The van der Waals surface area contributed by atoms with E-state index in [1.165, 1.54) is 25.1 Å². The molecule has 1 N–H and O–H groups in total. The standard InChI is InChI=1S/C21H29N5O2/c1-16-22-21(28-24-16)7-3-6-20(27)23-18-4-2-5-19(14-18)26-12-10-25(11-13-26)15-17-8-9-17/h2,4-5,14,17H,3,6-13,15H2,1H3,(H,23,27). The van der Waals surface area contributed by atoms with Gasteiger partial charge in [-0.15, -0.1) is 0 Å². The number of benzene rings is 1. The van der Waals surface area contributed by atoms with Crippen LogP contribution in [0.15, 0.2) is 28.8 Å². The number of nitrogens with one attached hydrogen (secondary N) is 1. The lowest BCUT2D eigenvalue weighted by atomic mass is 10.2. The zero-order valence-electron chi connectivity index (χ0n) is 16.6. The van der Waals surface area contributed by atoms with Crippen LogP contribution in [0.4, 0.5) is 11.4 Å². The fourth-order valence-electron chi connectivity index (χ4n) is 3.70. The molecule has 2 heterocycles. The summed E-state index contributed by atoms with van der Waals surface area (Å²) in [5.74, 6) is 2.19. The molecular weight excluding hydrogens is 354 g/mol. The van der Waals surface area contributed by atoms with Crippen molar-refractivity contribution in [3.8, 4) is 0 Å². The molecule has 0 atom stereocenters. The van der Waals surface area contributed by atoms with E-state index in [1.54, 1.807) is 6.92 Å². The molecule has 1 saturated carbocycles. The topological polar surface area (TPSA) is 74.5 Å². The average Bonchev–Trinajstić information content (AvgIpc) is 3.41. The Bertz CT molecular complexity index is 794. The van der Waals surface area contributed by atoms with Gasteiger partial charge in [-0.2, -0.15) is 4.98 Å². The van der Waals surface area contributed by atoms with Gasteiger partial charge in [0.15, 0.2) is 5.82 Å². The Balaban J connectivity index is 1.23. The summed E-state index contributed by atoms with van der Waals surface area (Å²) in [6.45, 7) is 7.42. The van der Waals surface area contributed by atoms with Gasteiger partial charge in [-0.1, -0.05) is 11.2 Å². The van der Waals surface area contributed by atoms with Gasteiger partial charge in [0.2, 0.25) is 11.8 Å². The number of aromatic nitrogens is 2. The molecule has 0 radical (unpaired) electrons. The Labute approximate surface area is 166 Å². The molecule has 1 aliphatic carbocycles. The van der Waals surface area contributed by atoms with Crippen LogP contribution < -0.4 is 10.2 Å². The normalized spacial score (nSPS) is 17.7. The van der Waals surface area contributed by atoms with Crippen molar-refractivity contribution >= 4 is 17.3 Å². The maximum atomic E-state index is 12.2. The highest BCUT2D eigenvalue weighted by Crippen LogP contribution is 2.30. The first-order valence-corrected chi connectivity index (χ1v) is 10.3. The van der Waals surface area contributed by atoms with E-state index in [0.717, 1.165) is 37.8 Å². The molecule has 28 heavy (non-hydrogen) atoms. The van der Waals surface area contributed by atoms with Crippen molar-refractivity contribution < 1.29 is 9.32 Å². The number of carbonyl (C=O) groups excluding carboxylic acids is 1. The second-order valence-corrected chi connectivity index (χ2v) is 7.92. The fraction of sp³-hybridized carbons (Fsp3) is 0.571. The summed E-state index contributed by atoms with van der Waals surface area (Å²) in [6.07, 6.45) is 4.58. The van der Waals surface area contributed by atoms with Crippen LogP contribution in [-0.2, 0) is 11.2 Å². The van der Waals surface area contributed by atoms with Gasteiger partial charge < -0.3 is 14.7 Å². The Hall–Kier alpha value is -2.41. The predicted octanol–water partition coefficient (Wildman–Crippen LogP) is 2.87. The smallest absolute Gasteiger partial charge is 0.226 e. The molecule has 0 unspecified atom stereocenters. The molecule has 2 aliphatic rings. The lowest BCUT2D eigenvalue weighted by Crippen LogP contribution is -2.47. The van der Waals surface area contributed by atoms with E-state index in [-0.39, 0.29) is 5.91 Å². The fourth-order valence-corrected chi connectivity index (χ4v) is 3.70. The van der Waals surface area contributed by atoms with E-state index in [0.29, 0.717) is 31.0 Å². The third kappa shape index (κ3) is 5.32. The maximum Gasteiger partial charge on any atom is 0.226 e. The van der Waals surface area contributed by atoms with E-state index >= 15 is 0 Å². The molecule has 7 nitrogen and oxygen atoms in total. The van der Waals surface area contributed by atoms with Gasteiger partial charge in [0.1, 0.15) is 0 Å². The molecule has 1 saturated heterocycles. The molecule has 1 aromatic carbocycles. The number of anilines is 2. The van der Waals surface area contributed by atoms with Crippen LogP contribution in [0.25, 0.3) is 0 Å². The summed E-state index contributed by atoms with van der Waals surface area (Å²) >= 11 is 0. The Morgan fingerprint density at radius 1 is 1.25 bits per heavy atom. The highest BCUT2D eigenvalue weighted by Gasteiger charge is 2.26. The van der Waals surface area contributed by atoms with Crippen LogP contribution in [0.5, 0.6) is 0 Å². The molecule has 1 amide bonds. The van der Waals surface area contributed by atoms with Crippen LogP contribution in [-0.4, -0.2) is 53.7 Å². The molecule has 4 rings (SSSR count). The van der Waals surface area contributed by atoms with Crippen molar-refractivity contribution in [2.45, 2.75) is 39.0 Å². The predicted molar refractivity (Wildman–Crippen MR) is 108 cm³/mol. The Morgan fingerprint density at radius 3 is 2.79 bits per heavy atom. The number of rotatable bonds is 8. The molecule has 2 fully saturated rings. The first kappa shape index (κ1) is 18.9.